The normalized spacial score (nSPS) is 25.1. The van der Waals surface area contributed by atoms with Gasteiger partial charge in [0.15, 0.2) is 0 Å². The second-order valence-electron chi connectivity index (χ2n) is 6.37. The van der Waals surface area contributed by atoms with E-state index in [4.69, 9.17) is 21.1 Å². The highest BCUT2D eigenvalue weighted by atomic mass is 35.5. The predicted molar refractivity (Wildman–Crippen MR) is 98.7 cm³/mol. The number of hydrogen-bond donors (Lipinski definition) is 2. The van der Waals surface area contributed by atoms with Crippen molar-refractivity contribution in [2.24, 2.45) is 0 Å². The van der Waals surface area contributed by atoms with E-state index in [1.54, 1.807) is 32.1 Å². The van der Waals surface area contributed by atoms with Gasteiger partial charge in [0.25, 0.3) is 0 Å². The van der Waals surface area contributed by atoms with Gasteiger partial charge in [-0.3, -0.25) is 5.32 Å². The standard InChI is InChI=1S/C18H29ClN2O4/c1-5-7-12-24-15(22)20-14-10-9-11-17(3,18(14,4)19)21-16(23)25-13-8-6-2/h9-11H,5-8,12-13H2,1-4H3,(H,20,22)(H,21,23). The van der Waals surface area contributed by atoms with Gasteiger partial charge in [-0.25, -0.2) is 9.59 Å². The van der Waals surface area contributed by atoms with Crippen LogP contribution < -0.4 is 10.6 Å². The van der Waals surface area contributed by atoms with Gasteiger partial charge in [0.2, 0.25) is 0 Å². The Morgan fingerprint density at radius 3 is 2.20 bits per heavy atom. The summed E-state index contributed by atoms with van der Waals surface area (Å²) in [6.45, 7) is 8.24. The van der Waals surface area contributed by atoms with E-state index in [0.29, 0.717) is 18.9 Å². The van der Waals surface area contributed by atoms with Gasteiger partial charge in [0.05, 0.1) is 18.8 Å². The summed E-state index contributed by atoms with van der Waals surface area (Å²) in [6, 6.07) is 0. The molecule has 0 spiro atoms. The van der Waals surface area contributed by atoms with E-state index in [1.807, 2.05) is 13.8 Å². The number of halogens is 1. The molecular weight excluding hydrogens is 344 g/mol. The molecule has 0 saturated carbocycles. The highest BCUT2D eigenvalue weighted by Crippen LogP contribution is 2.38. The van der Waals surface area contributed by atoms with Crippen LogP contribution in [0.2, 0.25) is 0 Å². The predicted octanol–water partition coefficient (Wildman–Crippen LogP) is 4.25. The number of nitrogens with one attached hydrogen (secondary N) is 2. The number of alkyl halides is 1. The van der Waals surface area contributed by atoms with Crippen LogP contribution in [0.5, 0.6) is 0 Å². The fourth-order valence-electron chi connectivity index (χ4n) is 2.26. The van der Waals surface area contributed by atoms with Crippen LogP contribution in [0, 0.1) is 0 Å². The number of carbonyl (C=O) groups is 2. The number of amides is 2. The largest absolute Gasteiger partial charge is 0.450 e. The lowest BCUT2D eigenvalue weighted by Crippen LogP contribution is -2.61. The number of hydrogen-bond acceptors (Lipinski definition) is 4. The van der Waals surface area contributed by atoms with Crippen molar-refractivity contribution in [3.63, 3.8) is 0 Å². The first-order valence-corrected chi connectivity index (χ1v) is 9.12. The molecule has 0 aromatic heterocycles. The highest BCUT2D eigenvalue weighted by molar-refractivity contribution is 6.27. The van der Waals surface area contributed by atoms with Crippen LogP contribution in [0.3, 0.4) is 0 Å². The van der Waals surface area contributed by atoms with Crippen molar-refractivity contribution in [1.82, 2.24) is 10.6 Å². The summed E-state index contributed by atoms with van der Waals surface area (Å²) in [4.78, 5) is 22.9. The van der Waals surface area contributed by atoms with E-state index >= 15 is 0 Å². The summed E-state index contributed by atoms with van der Waals surface area (Å²) in [7, 11) is 0. The molecule has 0 heterocycles. The van der Waals surface area contributed by atoms with Gasteiger partial charge in [-0.2, -0.15) is 0 Å². The number of allylic oxidation sites excluding steroid dienone is 2. The smallest absolute Gasteiger partial charge is 0.411 e. The molecule has 0 aliphatic heterocycles. The molecule has 7 heteroatoms. The number of rotatable bonds is 8. The Bertz CT molecular complexity index is 531. The first-order valence-electron chi connectivity index (χ1n) is 8.74. The molecule has 0 aromatic rings. The molecule has 1 rings (SSSR count). The van der Waals surface area contributed by atoms with Gasteiger partial charge in [-0.15, -0.1) is 11.6 Å². The molecule has 142 valence electrons. The Kier molecular flexibility index (Phi) is 8.29. The summed E-state index contributed by atoms with van der Waals surface area (Å²) in [5.74, 6) is 0. The molecule has 2 amide bonds. The van der Waals surface area contributed by atoms with E-state index in [9.17, 15) is 9.59 Å². The van der Waals surface area contributed by atoms with Gasteiger partial charge in [-0.05, 0) is 32.8 Å². The third-order valence-electron chi connectivity index (χ3n) is 4.23. The number of unbranched alkanes of at least 4 members (excludes halogenated alkanes) is 2. The summed E-state index contributed by atoms with van der Waals surface area (Å²) >= 11 is 6.70. The zero-order chi connectivity index (χ0) is 18.9. The van der Waals surface area contributed by atoms with Crippen LogP contribution in [-0.2, 0) is 9.47 Å². The molecule has 6 nitrogen and oxygen atoms in total. The average Bonchev–Trinajstić information content (AvgIpc) is 2.53. The average molecular weight is 373 g/mol. The minimum atomic E-state index is -1.07. The molecule has 2 N–H and O–H groups in total. The van der Waals surface area contributed by atoms with Gasteiger partial charge in [0, 0.05) is 5.70 Å². The van der Waals surface area contributed by atoms with Crippen molar-refractivity contribution in [2.45, 2.75) is 63.8 Å². The van der Waals surface area contributed by atoms with Crippen molar-refractivity contribution in [1.29, 1.82) is 0 Å². The minimum Gasteiger partial charge on any atom is -0.450 e. The lowest BCUT2D eigenvalue weighted by molar-refractivity contribution is 0.133. The second-order valence-corrected chi connectivity index (χ2v) is 7.13. The molecular formula is C18H29ClN2O4. The Morgan fingerprint density at radius 2 is 1.64 bits per heavy atom. The minimum absolute atomic E-state index is 0.351. The molecule has 0 fully saturated rings. The topological polar surface area (TPSA) is 76.7 Å². The summed E-state index contributed by atoms with van der Waals surface area (Å²) in [6.07, 6.45) is 7.58. The molecule has 2 unspecified atom stereocenters. The second kappa shape index (κ2) is 9.70. The van der Waals surface area contributed by atoms with Crippen LogP contribution in [0.15, 0.2) is 23.9 Å². The lowest BCUT2D eigenvalue weighted by atomic mass is 9.80. The molecule has 1 aliphatic rings. The van der Waals surface area contributed by atoms with Gasteiger partial charge in [-0.1, -0.05) is 38.8 Å². The van der Waals surface area contributed by atoms with E-state index in [2.05, 4.69) is 10.6 Å². The maximum Gasteiger partial charge on any atom is 0.411 e. The van der Waals surface area contributed by atoms with Crippen LogP contribution in [0.25, 0.3) is 0 Å². The van der Waals surface area contributed by atoms with E-state index in [-0.39, 0.29) is 0 Å². The van der Waals surface area contributed by atoms with Gasteiger partial charge < -0.3 is 14.8 Å². The van der Waals surface area contributed by atoms with E-state index < -0.39 is 22.6 Å². The monoisotopic (exact) mass is 372 g/mol. The van der Waals surface area contributed by atoms with Crippen molar-refractivity contribution < 1.29 is 19.1 Å². The van der Waals surface area contributed by atoms with Crippen LogP contribution in [0.1, 0.15) is 53.4 Å². The number of alkyl carbamates (subject to hydrolysis) is 2. The molecule has 0 bridgehead atoms. The third-order valence-corrected chi connectivity index (χ3v) is 4.83. The van der Waals surface area contributed by atoms with Gasteiger partial charge in [0.1, 0.15) is 4.87 Å². The molecule has 25 heavy (non-hydrogen) atoms. The molecule has 0 saturated heterocycles. The Balaban J connectivity index is 2.72. The van der Waals surface area contributed by atoms with Crippen LogP contribution in [0.4, 0.5) is 9.59 Å². The highest BCUT2D eigenvalue weighted by Gasteiger charge is 2.48. The SMILES string of the molecule is CCCCOC(=O)NC1=CC=CC(C)(NC(=O)OCCCC)C1(C)Cl. The molecule has 2 atom stereocenters. The molecule has 0 aromatic carbocycles. The quantitative estimate of drug-likeness (QED) is 0.493. The summed E-state index contributed by atoms with van der Waals surface area (Å²) in [5.41, 5.74) is -0.479. The fourth-order valence-corrected chi connectivity index (χ4v) is 2.48. The zero-order valence-corrected chi connectivity index (χ0v) is 16.2. The summed E-state index contributed by atoms with van der Waals surface area (Å²) in [5, 5.41) is 5.46. The van der Waals surface area contributed by atoms with Crippen LogP contribution in [-0.4, -0.2) is 35.8 Å². The van der Waals surface area contributed by atoms with E-state index in [0.717, 1.165) is 25.7 Å². The third kappa shape index (κ3) is 5.96. The van der Waals surface area contributed by atoms with E-state index in [1.165, 1.54) is 0 Å². The van der Waals surface area contributed by atoms with Crippen molar-refractivity contribution in [2.75, 3.05) is 13.2 Å². The van der Waals surface area contributed by atoms with Gasteiger partial charge >= 0.3 is 12.2 Å². The summed E-state index contributed by atoms with van der Waals surface area (Å²) < 4.78 is 10.3. The first kappa shape index (κ1) is 21.4. The molecule has 0 radical (unpaired) electrons. The van der Waals surface area contributed by atoms with Crippen molar-refractivity contribution in [3.05, 3.63) is 23.9 Å². The van der Waals surface area contributed by atoms with Crippen molar-refractivity contribution in [3.8, 4) is 0 Å². The Labute approximate surface area is 155 Å². The first-order chi connectivity index (χ1) is 11.8. The number of carbonyl (C=O) groups excluding carboxylic acids is 2. The fraction of sp³-hybridized carbons (Fsp3) is 0.667. The number of ether oxygens (including phenoxy) is 2. The van der Waals surface area contributed by atoms with Crippen LogP contribution >= 0.6 is 11.6 Å². The lowest BCUT2D eigenvalue weighted by Gasteiger charge is -2.43. The molecule has 1 aliphatic carbocycles. The maximum absolute atomic E-state index is 12.0. The van der Waals surface area contributed by atoms with Crippen molar-refractivity contribution >= 4 is 23.8 Å². The Morgan fingerprint density at radius 1 is 1.08 bits per heavy atom. The Hall–Kier alpha value is -1.69. The maximum atomic E-state index is 12.0. The zero-order valence-electron chi connectivity index (χ0n) is 15.5.